The minimum Gasteiger partial charge on any atom is -0.479 e. The van der Waals surface area contributed by atoms with Gasteiger partial charge in [0.15, 0.2) is 6.10 Å². The van der Waals surface area contributed by atoms with Crippen LogP contribution in [0.2, 0.25) is 0 Å². The second kappa shape index (κ2) is 7.14. The van der Waals surface area contributed by atoms with E-state index in [4.69, 9.17) is 4.74 Å². The third kappa shape index (κ3) is 4.24. The lowest BCUT2D eigenvalue weighted by atomic mass is 10.0. The smallest absolute Gasteiger partial charge is 0.346 e. The fourth-order valence-electron chi connectivity index (χ4n) is 1.92. The zero-order valence-electron chi connectivity index (χ0n) is 12.3. The van der Waals surface area contributed by atoms with E-state index in [0.29, 0.717) is 0 Å². The quantitative estimate of drug-likeness (QED) is 0.803. The molecule has 0 fully saturated rings. The van der Waals surface area contributed by atoms with Gasteiger partial charge in [-0.25, -0.2) is 4.79 Å². The summed E-state index contributed by atoms with van der Waals surface area (Å²) < 4.78 is 10.4. The van der Waals surface area contributed by atoms with Gasteiger partial charge in [-0.2, -0.15) is 0 Å². The molecule has 0 aliphatic heterocycles. The highest BCUT2D eigenvalue weighted by molar-refractivity contribution is 5.74. The van der Waals surface area contributed by atoms with Crippen molar-refractivity contribution in [3.8, 4) is 5.75 Å². The summed E-state index contributed by atoms with van der Waals surface area (Å²) in [7, 11) is 1.36. The monoisotopic (exact) mass is 265 g/mol. The summed E-state index contributed by atoms with van der Waals surface area (Å²) in [5.74, 6) is 0.356. The minimum absolute atomic E-state index is 0.172. The largest absolute Gasteiger partial charge is 0.479 e. The molecule has 19 heavy (non-hydrogen) atoms. The Bertz CT molecular complexity index is 431. The molecule has 1 N–H and O–H groups in total. The number of hydrogen-bond donors (Lipinski definition) is 1. The fraction of sp³-hybridized carbons (Fsp3) is 0.533. The summed E-state index contributed by atoms with van der Waals surface area (Å²) in [6.45, 7) is 8.69. The molecule has 2 unspecified atom stereocenters. The van der Waals surface area contributed by atoms with Crippen molar-refractivity contribution in [3.05, 3.63) is 29.3 Å². The van der Waals surface area contributed by atoms with Crippen molar-refractivity contribution >= 4 is 5.97 Å². The number of esters is 1. The van der Waals surface area contributed by atoms with Gasteiger partial charge in [0, 0.05) is 11.6 Å². The first-order valence-electron chi connectivity index (χ1n) is 6.58. The standard InChI is InChI=1S/C15H23NO3/c1-6-16-11(3)13-8-7-10(2)9-14(13)19-12(4)15(17)18-5/h7-9,11-12,16H,6H2,1-5H3. The number of rotatable bonds is 6. The molecule has 0 aliphatic rings. The van der Waals surface area contributed by atoms with Gasteiger partial charge in [0.25, 0.3) is 0 Å². The minimum atomic E-state index is -0.612. The molecule has 0 aromatic heterocycles. The molecule has 4 heteroatoms. The van der Waals surface area contributed by atoms with E-state index in [1.807, 2.05) is 25.1 Å². The van der Waals surface area contributed by atoms with Gasteiger partial charge in [0.05, 0.1) is 7.11 Å². The number of aryl methyl sites for hydroxylation is 1. The summed E-state index contributed by atoms with van der Waals surface area (Å²) in [5, 5.41) is 3.34. The Labute approximate surface area is 115 Å². The van der Waals surface area contributed by atoms with E-state index in [9.17, 15) is 4.79 Å². The van der Waals surface area contributed by atoms with E-state index in [-0.39, 0.29) is 12.0 Å². The van der Waals surface area contributed by atoms with Crippen molar-refractivity contribution < 1.29 is 14.3 Å². The zero-order chi connectivity index (χ0) is 14.4. The van der Waals surface area contributed by atoms with Crippen LogP contribution in [0.15, 0.2) is 18.2 Å². The van der Waals surface area contributed by atoms with E-state index in [2.05, 4.69) is 23.9 Å². The van der Waals surface area contributed by atoms with Crippen LogP contribution in [0, 0.1) is 6.92 Å². The van der Waals surface area contributed by atoms with Gasteiger partial charge in [-0.05, 0) is 38.9 Å². The van der Waals surface area contributed by atoms with Gasteiger partial charge in [-0.3, -0.25) is 0 Å². The number of ether oxygens (including phenoxy) is 2. The molecular formula is C15H23NO3. The summed E-state index contributed by atoms with van der Waals surface area (Å²) in [6, 6.07) is 6.19. The van der Waals surface area contributed by atoms with Gasteiger partial charge in [-0.15, -0.1) is 0 Å². The fourth-order valence-corrected chi connectivity index (χ4v) is 1.92. The van der Waals surface area contributed by atoms with E-state index < -0.39 is 6.10 Å². The molecule has 1 aromatic carbocycles. The van der Waals surface area contributed by atoms with Crippen molar-refractivity contribution in [1.82, 2.24) is 5.32 Å². The number of hydrogen-bond acceptors (Lipinski definition) is 4. The van der Waals surface area contributed by atoms with Crippen LogP contribution in [0.1, 0.15) is 37.9 Å². The van der Waals surface area contributed by atoms with Crippen LogP contribution in [0.3, 0.4) is 0 Å². The summed E-state index contributed by atoms with van der Waals surface area (Å²) in [5.41, 5.74) is 2.14. The molecule has 1 aromatic rings. The maximum absolute atomic E-state index is 11.4. The Morgan fingerprint density at radius 3 is 2.63 bits per heavy atom. The second-order valence-corrected chi connectivity index (χ2v) is 4.60. The Hall–Kier alpha value is -1.55. The first-order chi connectivity index (χ1) is 8.99. The molecule has 0 amide bonds. The number of methoxy groups -OCH3 is 1. The van der Waals surface area contributed by atoms with Crippen LogP contribution in [-0.2, 0) is 9.53 Å². The molecule has 0 saturated heterocycles. The Morgan fingerprint density at radius 2 is 2.05 bits per heavy atom. The lowest BCUT2D eigenvalue weighted by Crippen LogP contribution is -2.26. The zero-order valence-corrected chi connectivity index (χ0v) is 12.3. The van der Waals surface area contributed by atoms with Crippen LogP contribution in [0.25, 0.3) is 0 Å². The summed E-state index contributed by atoms with van der Waals surface area (Å²) >= 11 is 0. The van der Waals surface area contributed by atoms with E-state index >= 15 is 0 Å². The Morgan fingerprint density at radius 1 is 1.37 bits per heavy atom. The lowest BCUT2D eigenvalue weighted by molar-refractivity contribution is -0.147. The van der Waals surface area contributed by atoms with Gasteiger partial charge in [-0.1, -0.05) is 19.1 Å². The van der Waals surface area contributed by atoms with E-state index in [1.165, 1.54) is 7.11 Å². The Balaban J connectivity index is 2.97. The van der Waals surface area contributed by atoms with Crippen LogP contribution in [0.4, 0.5) is 0 Å². The van der Waals surface area contributed by atoms with E-state index in [1.54, 1.807) is 6.92 Å². The first-order valence-corrected chi connectivity index (χ1v) is 6.58. The highest BCUT2D eigenvalue weighted by Crippen LogP contribution is 2.27. The molecule has 0 bridgehead atoms. The van der Waals surface area contributed by atoms with Crippen LogP contribution >= 0.6 is 0 Å². The molecular weight excluding hydrogens is 242 g/mol. The average Bonchev–Trinajstić information content (AvgIpc) is 2.38. The van der Waals surface area contributed by atoms with Crippen molar-refractivity contribution in [3.63, 3.8) is 0 Å². The van der Waals surface area contributed by atoms with E-state index in [0.717, 1.165) is 23.4 Å². The predicted molar refractivity (Wildman–Crippen MR) is 75.4 cm³/mol. The SMILES string of the molecule is CCNC(C)c1ccc(C)cc1OC(C)C(=O)OC. The highest BCUT2D eigenvalue weighted by atomic mass is 16.6. The topological polar surface area (TPSA) is 47.6 Å². The summed E-state index contributed by atoms with van der Waals surface area (Å²) in [4.78, 5) is 11.4. The van der Waals surface area contributed by atoms with Gasteiger partial charge < -0.3 is 14.8 Å². The normalized spacial score (nSPS) is 13.7. The lowest BCUT2D eigenvalue weighted by Gasteiger charge is -2.20. The molecule has 0 aliphatic carbocycles. The molecule has 1 rings (SSSR count). The molecule has 0 spiro atoms. The maximum atomic E-state index is 11.4. The number of nitrogens with one attached hydrogen (secondary N) is 1. The highest BCUT2D eigenvalue weighted by Gasteiger charge is 2.18. The Kier molecular flexibility index (Phi) is 5.83. The van der Waals surface area contributed by atoms with Gasteiger partial charge >= 0.3 is 5.97 Å². The second-order valence-electron chi connectivity index (χ2n) is 4.60. The first kappa shape index (κ1) is 15.5. The maximum Gasteiger partial charge on any atom is 0.346 e. The van der Waals surface area contributed by atoms with Crippen molar-refractivity contribution in [1.29, 1.82) is 0 Å². The van der Waals surface area contributed by atoms with Gasteiger partial charge in [0.1, 0.15) is 5.75 Å². The van der Waals surface area contributed by atoms with Crippen LogP contribution in [-0.4, -0.2) is 25.7 Å². The molecule has 4 nitrogen and oxygen atoms in total. The van der Waals surface area contributed by atoms with Crippen molar-refractivity contribution in [2.24, 2.45) is 0 Å². The third-order valence-corrected chi connectivity index (χ3v) is 2.98. The average molecular weight is 265 g/mol. The molecule has 0 heterocycles. The van der Waals surface area contributed by atoms with Crippen molar-refractivity contribution in [2.75, 3.05) is 13.7 Å². The van der Waals surface area contributed by atoms with Gasteiger partial charge in [0.2, 0.25) is 0 Å². The van der Waals surface area contributed by atoms with Crippen LogP contribution < -0.4 is 10.1 Å². The third-order valence-electron chi connectivity index (χ3n) is 2.98. The van der Waals surface area contributed by atoms with Crippen LogP contribution in [0.5, 0.6) is 5.75 Å². The number of carbonyl (C=O) groups excluding carboxylic acids is 1. The molecule has 0 saturated carbocycles. The molecule has 106 valence electrons. The summed E-state index contributed by atoms with van der Waals surface area (Å²) in [6.07, 6.45) is -0.612. The molecule has 0 radical (unpaired) electrons. The van der Waals surface area contributed by atoms with Crippen molar-refractivity contribution in [2.45, 2.75) is 39.8 Å². The number of carbonyl (C=O) groups is 1. The molecule has 2 atom stereocenters. The predicted octanol–water partition coefficient (Wildman–Crippen LogP) is 2.61. The number of benzene rings is 1.